The molecule has 0 bridgehead atoms. The van der Waals surface area contributed by atoms with E-state index in [4.69, 9.17) is 11.6 Å². The number of halogens is 2. The molecule has 11 heteroatoms. The summed E-state index contributed by atoms with van der Waals surface area (Å²) in [5, 5.41) is 15.9. The molecule has 3 aromatic rings. The third kappa shape index (κ3) is 3.70. The van der Waals surface area contributed by atoms with E-state index in [0.717, 1.165) is 18.6 Å². The van der Waals surface area contributed by atoms with Crippen LogP contribution in [0.5, 0.6) is 0 Å². The number of carbonyl (C=O) groups is 3. The van der Waals surface area contributed by atoms with Crippen molar-refractivity contribution < 1.29 is 18.8 Å². The Balaban J connectivity index is 1.43. The molecule has 170 valence electrons. The minimum absolute atomic E-state index is 0.149. The van der Waals surface area contributed by atoms with Crippen LogP contribution in [0.4, 0.5) is 10.1 Å². The third-order valence-corrected chi connectivity index (χ3v) is 6.41. The van der Waals surface area contributed by atoms with Crippen LogP contribution < -0.4 is 10.6 Å². The first-order chi connectivity index (χ1) is 15.8. The van der Waals surface area contributed by atoms with Crippen molar-refractivity contribution in [1.82, 2.24) is 25.3 Å². The molecule has 1 aromatic carbocycles. The van der Waals surface area contributed by atoms with E-state index < -0.39 is 29.0 Å². The number of carbonyl (C=O) groups excluding carboxylic acids is 3. The Hall–Kier alpha value is -3.53. The molecule has 3 heterocycles. The van der Waals surface area contributed by atoms with Crippen molar-refractivity contribution in [3.8, 4) is 0 Å². The van der Waals surface area contributed by atoms with E-state index in [1.807, 2.05) is 0 Å². The zero-order valence-corrected chi connectivity index (χ0v) is 18.4. The number of aromatic nitrogens is 4. The van der Waals surface area contributed by atoms with E-state index in [-0.39, 0.29) is 22.0 Å². The van der Waals surface area contributed by atoms with Crippen molar-refractivity contribution >= 4 is 34.9 Å². The first-order valence-corrected chi connectivity index (χ1v) is 10.9. The lowest BCUT2D eigenvalue weighted by Crippen LogP contribution is -2.40. The Morgan fingerprint density at radius 3 is 2.70 bits per heavy atom. The second-order valence-electron chi connectivity index (χ2n) is 8.39. The zero-order valence-electron chi connectivity index (χ0n) is 17.7. The lowest BCUT2D eigenvalue weighted by molar-refractivity contribution is -0.118. The Morgan fingerprint density at radius 1 is 1.24 bits per heavy atom. The highest BCUT2D eigenvalue weighted by atomic mass is 35.5. The maximum Gasteiger partial charge on any atom is 0.293 e. The van der Waals surface area contributed by atoms with Gasteiger partial charge in [0.25, 0.3) is 17.6 Å². The minimum atomic E-state index is -0.747. The average molecular weight is 471 g/mol. The maximum absolute atomic E-state index is 13.7. The van der Waals surface area contributed by atoms with Crippen molar-refractivity contribution in [3.63, 3.8) is 0 Å². The lowest BCUT2D eigenvalue weighted by Gasteiger charge is -2.14. The van der Waals surface area contributed by atoms with Crippen LogP contribution in [-0.4, -0.2) is 37.6 Å². The van der Waals surface area contributed by atoms with E-state index in [2.05, 4.69) is 26.0 Å². The second kappa shape index (κ2) is 7.80. The summed E-state index contributed by atoms with van der Waals surface area (Å²) in [5.41, 5.74) is 1.67. The van der Waals surface area contributed by atoms with Gasteiger partial charge in [-0.2, -0.15) is 0 Å². The van der Waals surface area contributed by atoms with Gasteiger partial charge in [-0.05, 0) is 56.4 Å². The lowest BCUT2D eigenvalue weighted by atomic mass is 10.0. The van der Waals surface area contributed by atoms with Gasteiger partial charge in [-0.25, -0.2) is 4.39 Å². The zero-order chi connectivity index (χ0) is 23.3. The van der Waals surface area contributed by atoms with Gasteiger partial charge in [-0.15, -0.1) is 5.10 Å². The molecule has 0 radical (unpaired) electrons. The molecule has 2 aliphatic rings. The number of aromatic amines is 1. The number of nitrogens with one attached hydrogen (secondary N) is 3. The first-order valence-electron chi connectivity index (χ1n) is 10.5. The highest BCUT2D eigenvalue weighted by Crippen LogP contribution is 2.44. The average Bonchev–Trinajstić information content (AvgIpc) is 3.12. The number of ketones is 1. The summed E-state index contributed by atoms with van der Waals surface area (Å²) in [5.74, 6) is -2.52. The number of benzene rings is 1. The fourth-order valence-electron chi connectivity index (χ4n) is 4.52. The molecule has 9 nitrogen and oxygen atoms in total. The molecular formula is C22H20ClFN6O3. The number of anilines is 1. The fraction of sp³-hybridized carbons (Fsp3) is 0.318. The molecule has 2 amide bonds. The van der Waals surface area contributed by atoms with E-state index in [1.54, 1.807) is 17.7 Å². The predicted octanol–water partition coefficient (Wildman–Crippen LogP) is 2.89. The molecule has 1 fully saturated rings. The summed E-state index contributed by atoms with van der Waals surface area (Å²) in [7, 11) is 0. The molecule has 1 saturated carbocycles. The van der Waals surface area contributed by atoms with E-state index in [1.165, 1.54) is 6.07 Å². The first kappa shape index (κ1) is 21.3. The minimum Gasteiger partial charge on any atom is -0.340 e. The standard InChI is InChI=1S/C22H20ClFN6O3/c1-11-17(19(31)21(33)27-22(4-5-22)16-10-25-29-28-16)15-3-2-6-30(15)18(11)20(32)26-14-8-12(23)7-13(24)9-14/h7-10H,2-6H2,1H3,(H,26,32)(H,27,33)(H,25,28,29). The van der Waals surface area contributed by atoms with Crippen LogP contribution in [0.15, 0.2) is 24.4 Å². The smallest absolute Gasteiger partial charge is 0.293 e. The van der Waals surface area contributed by atoms with E-state index in [9.17, 15) is 18.8 Å². The molecular weight excluding hydrogens is 451 g/mol. The third-order valence-electron chi connectivity index (χ3n) is 6.19. The number of H-pyrrole nitrogens is 1. The number of nitrogens with zero attached hydrogens (tertiary/aromatic N) is 3. The number of rotatable bonds is 6. The fourth-order valence-corrected chi connectivity index (χ4v) is 4.74. The largest absolute Gasteiger partial charge is 0.340 e. The van der Waals surface area contributed by atoms with Gasteiger partial charge in [0.05, 0.1) is 11.1 Å². The van der Waals surface area contributed by atoms with Crippen LogP contribution >= 0.6 is 11.6 Å². The van der Waals surface area contributed by atoms with Crippen molar-refractivity contribution in [3.05, 3.63) is 63.4 Å². The molecule has 0 saturated heterocycles. The molecule has 5 rings (SSSR count). The molecule has 1 aliphatic carbocycles. The Kier molecular flexibility index (Phi) is 5.04. The number of Topliss-reactive ketones (excluding diaryl/α,β-unsaturated/α-hetero) is 1. The van der Waals surface area contributed by atoms with Gasteiger partial charge in [0.15, 0.2) is 0 Å². The highest BCUT2D eigenvalue weighted by Gasteiger charge is 2.49. The van der Waals surface area contributed by atoms with E-state index >= 15 is 0 Å². The maximum atomic E-state index is 13.7. The van der Waals surface area contributed by atoms with Gasteiger partial charge in [-0.3, -0.25) is 19.5 Å². The van der Waals surface area contributed by atoms with Crippen LogP contribution in [0.2, 0.25) is 5.02 Å². The number of fused-ring (bicyclic) bond motifs is 1. The molecule has 3 N–H and O–H groups in total. The van der Waals surface area contributed by atoms with E-state index in [0.29, 0.717) is 42.8 Å². The van der Waals surface area contributed by atoms with Crippen molar-refractivity contribution in [2.75, 3.05) is 5.32 Å². The van der Waals surface area contributed by atoms with Crippen molar-refractivity contribution in [1.29, 1.82) is 0 Å². The molecule has 1 aliphatic heterocycles. The van der Waals surface area contributed by atoms with Gasteiger partial charge in [-0.1, -0.05) is 16.8 Å². The number of hydrogen-bond donors (Lipinski definition) is 3. The second-order valence-corrected chi connectivity index (χ2v) is 8.82. The normalized spacial score (nSPS) is 15.7. The molecule has 2 aromatic heterocycles. The Morgan fingerprint density at radius 2 is 2.03 bits per heavy atom. The highest BCUT2D eigenvalue weighted by molar-refractivity contribution is 6.44. The van der Waals surface area contributed by atoms with Crippen LogP contribution in [-0.2, 0) is 23.3 Å². The number of hydrogen-bond acceptors (Lipinski definition) is 5. The van der Waals surface area contributed by atoms with Crippen LogP contribution in [0.25, 0.3) is 0 Å². The van der Waals surface area contributed by atoms with Crippen molar-refractivity contribution in [2.24, 2.45) is 0 Å². The SMILES string of the molecule is Cc1c(C(=O)C(=O)NC2(c3c[nH]nn3)CC2)c2n(c1C(=O)Nc1cc(F)cc(Cl)c1)CCC2. The molecule has 0 atom stereocenters. The van der Waals surface area contributed by atoms with Crippen LogP contribution in [0.3, 0.4) is 0 Å². The summed E-state index contributed by atoms with van der Waals surface area (Å²) in [6.45, 7) is 2.18. The summed E-state index contributed by atoms with van der Waals surface area (Å²) < 4.78 is 15.4. The van der Waals surface area contributed by atoms with Crippen LogP contribution in [0.1, 0.15) is 57.1 Å². The Labute approximate surface area is 192 Å². The van der Waals surface area contributed by atoms with Crippen LogP contribution in [0, 0.1) is 12.7 Å². The topological polar surface area (TPSA) is 122 Å². The molecule has 0 unspecified atom stereocenters. The quantitative estimate of drug-likeness (QED) is 0.378. The summed E-state index contributed by atoms with van der Waals surface area (Å²) in [4.78, 5) is 39.2. The molecule has 0 spiro atoms. The van der Waals surface area contributed by atoms with Gasteiger partial charge >= 0.3 is 0 Å². The predicted molar refractivity (Wildman–Crippen MR) is 117 cm³/mol. The van der Waals surface area contributed by atoms with Crippen molar-refractivity contribution in [2.45, 2.75) is 44.7 Å². The summed E-state index contributed by atoms with van der Waals surface area (Å²) in [6.07, 6.45) is 4.24. The summed E-state index contributed by atoms with van der Waals surface area (Å²) in [6, 6.07) is 3.73. The molecule has 33 heavy (non-hydrogen) atoms. The summed E-state index contributed by atoms with van der Waals surface area (Å²) >= 11 is 5.88. The van der Waals surface area contributed by atoms with Gasteiger partial charge in [0.1, 0.15) is 17.2 Å². The van der Waals surface area contributed by atoms with Gasteiger partial charge in [0.2, 0.25) is 0 Å². The Bertz CT molecular complexity index is 1280. The van der Waals surface area contributed by atoms with Gasteiger partial charge < -0.3 is 15.2 Å². The van der Waals surface area contributed by atoms with Gasteiger partial charge in [0, 0.05) is 29.1 Å². The number of amides is 2. The monoisotopic (exact) mass is 470 g/mol.